The number of aliphatic hydroxyl groups excluding tert-OH is 1. The predicted molar refractivity (Wildman–Crippen MR) is 66.8 cm³/mol. The van der Waals surface area contributed by atoms with Gasteiger partial charge in [0.1, 0.15) is 0 Å². The molecule has 0 aromatic heterocycles. The molecule has 3 N–H and O–H groups in total. The second kappa shape index (κ2) is 5.19. The Labute approximate surface area is 101 Å². The molecule has 4 heteroatoms. The Hall–Kier alpha value is -1.55. The number of hydrogen-bond acceptors (Lipinski definition) is 3. The lowest BCUT2D eigenvalue weighted by atomic mass is 9.93. The minimum atomic E-state index is -0.181. The first-order chi connectivity index (χ1) is 8.20. The zero-order valence-corrected chi connectivity index (χ0v) is 9.94. The van der Waals surface area contributed by atoms with Crippen molar-refractivity contribution in [2.75, 3.05) is 18.5 Å². The molecular formula is C13H18N2O2. The van der Waals surface area contributed by atoms with Gasteiger partial charge in [-0.2, -0.15) is 0 Å². The van der Waals surface area contributed by atoms with Gasteiger partial charge in [0.2, 0.25) is 5.91 Å². The fourth-order valence-electron chi connectivity index (χ4n) is 2.03. The number of carbonyl (C=O) groups is 1. The van der Waals surface area contributed by atoms with Crippen LogP contribution < -0.4 is 10.6 Å². The van der Waals surface area contributed by atoms with E-state index < -0.39 is 0 Å². The maximum Gasteiger partial charge on any atom is 0.225 e. The van der Waals surface area contributed by atoms with E-state index in [1.807, 2.05) is 24.3 Å². The molecule has 0 bridgehead atoms. The van der Waals surface area contributed by atoms with Crippen LogP contribution in [-0.2, 0) is 11.2 Å². The summed E-state index contributed by atoms with van der Waals surface area (Å²) in [6, 6.07) is 7.86. The number of hydrogen-bond donors (Lipinski definition) is 3. The normalized spacial score (nSPS) is 20.0. The average Bonchev–Trinajstić information content (AvgIpc) is 2.38. The number of anilines is 1. The summed E-state index contributed by atoms with van der Waals surface area (Å²) in [5.41, 5.74) is 2.29. The van der Waals surface area contributed by atoms with Crippen molar-refractivity contribution in [3.8, 4) is 0 Å². The Balaban J connectivity index is 2.00. The fourth-order valence-corrected chi connectivity index (χ4v) is 2.03. The first-order valence-corrected chi connectivity index (χ1v) is 5.93. The maximum atomic E-state index is 11.9. The van der Waals surface area contributed by atoms with Gasteiger partial charge in [0.05, 0.1) is 12.5 Å². The molecule has 1 amide bonds. The second-order valence-electron chi connectivity index (χ2n) is 4.53. The van der Waals surface area contributed by atoms with Crippen molar-refractivity contribution < 1.29 is 9.90 Å². The molecule has 0 spiro atoms. The van der Waals surface area contributed by atoms with E-state index in [0.29, 0.717) is 6.54 Å². The molecule has 1 aliphatic heterocycles. The Morgan fingerprint density at radius 3 is 3.12 bits per heavy atom. The van der Waals surface area contributed by atoms with Crippen molar-refractivity contribution >= 4 is 11.6 Å². The smallest absolute Gasteiger partial charge is 0.225 e. The van der Waals surface area contributed by atoms with Gasteiger partial charge in [-0.05, 0) is 25.0 Å². The summed E-state index contributed by atoms with van der Waals surface area (Å²) < 4.78 is 0. The summed E-state index contributed by atoms with van der Waals surface area (Å²) in [6.07, 6.45) is 0.757. The van der Waals surface area contributed by atoms with Crippen LogP contribution in [-0.4, -0.2) is 30.2 Å². The summed E-state index contributed by atoms with van der Waals surface area (Å²) in [4.78, 5) is 11.9. The molecule has 0 saturated heterocycles. The van der Waals surface area contributed by atoms with E-state index in [1.165, 1.54) is 5.56 Å². The van der Waals surface area contributed by atoms with E-state index in [2.05, 4.69) is 10.6 Å². The van der Waals surface area contributed by atoms with Gasteiger partial charge in [-0.3, -0.25) is 4.79 Å². The molecule has 17 heavy (non-hydrogen) atoms. The van der Waals surface area contributed by atoms with Gasteiger partial charge in [-0.25, -0.2) is 0 Å². The van der Waals surface area contributed by atoms with E-state index in [1.54, 1.807) is 6.92 Å². The Morgan fingerprint density at radius 1 is 1.59 bits per heavy atom. The molecule has 0 saturated carbocycles. The van der Waals surface area contributed by atoms with Crippen molar-refractivity contribution in [2.45, 2.75) is 19.4 Å². The molecule has 2 atom stereocenters. The highest BCUT2D eigenvalue weighted by atomic mass is 16.3. The van der Waals surface area contributed by atoms with Gasteiger partial charge in [0.15, 0.2) is 0 Å². The van der Waals surface area contributed by atoms with Crippen LogP contribution in [0.4, 0.5) is 5.69 Å². The highest BCUT2D eigenvalue weighted by molar-refractivity contribution is 5.81. The summed E-state index contributed by atoms with van der Waals surface area (Å²) in [7, 11) is 0. The highest BCUT2D eigenvalue weighted by Crippen LogP contribution is 2.24. The number of benzene rings is 1. The zero-order chi connectivity index (χ0) is 12.3. The first-order valence-electron chi connectivity index (χ1n) is 5.93. The van der Waals surface area contributed by atoms with Crippen molar-refractivity contribution in [3.63, 3.8) is 0 Å². The summed E-state index contributed by atoms with van der Waals surface area (Å²) >= 11 is 0. The summed E-state index contributed by atoms with van der Waals surface area (Å²) in [5.74, 6) is -0.0487. The number of rotatable bonds is 3. The van der Waals surface area contributed by atoms with Crippen LogP contribution in [0.1, 0.15) is 12.5 Å². The van der Waals surface area contributed by atoms with E-state index in [-0.39, 0.29) is 24.5 Å². The zero-order valence-electron chi connectivity index (χ0n) is 9.94. The molecule has 1 heterocycles. The molecule has 4 nitrogen and oxygen atoms in total. The van der Waals surface area contributed by atoms with E-state index in [9.17, 15) is 4.79 Å². The van der Waals surface area contributed by atoms with Crippen LogP contribution in [0.15, 0.2) is 24.3 Å². The van der Waals surface area contributed by atoms with Gasteiger partial charge in [0.25, 0.3) is 0 Å². The third kappa shape index (κ3) is 2.77. The molecule has 0 fully saturated rings. The summed E-state index contributed by atoms with van der Waals surface area (Å²) in [6.45, 7) is 2.42. The second-order valence-corrected chi connectivity index (χ2v) is 4.53. The van der Waals surface area contributed by atoms with Crippen molar-refractivity contribution in [3.05, 3.63) is 29.8 Å². The van der Waals surface area contributed by atoms with Crippen LogP contribution in [0.2, 0.25) is 0 Å². The Morgan fingerprint density at radius 2 is 2.35 bits per heavy atom. The van der Waals surface area contributed by atoms with E-state index in [0.717, 1.165) is 12.1 Å². The van der Waals surface area contributed by atoms with Crippen LogP contribution in [0.25, 0.3) is 0 Å². The van der Waals surface area contributed by atoms with Crippen LogP contribution in [0.3, 0.4) is 0 Å². The molecule has 0 aliphatic carbocycles. The van der Waals surface area contributed by atoms with Crippen molar-refractivity contribution in [1.82, 2.24) is 5.32 Å². The molecule has 1 aliphatic rings. The number of carbonyl (C=O) groups excluding carboxylic acids is 1. The van der Waals surface area contributed by atoms with Gasteiger partial charge in [-0.1, -0.05) is 18.2 Å². The Kier molecular flexibility index (Phi) is 3.64. The molecule has 1 aromatic carbocycles. The van der Waals surface area contributed by atoms with Crippen LogP contribution in [0, 0.1) is 5.92 Å². The number of para-hydroxylation sites is 1. The molecule has 92 valence electrons. The monoisotopic (exact) mass is 234 g/mol. The standard InChI is InChI=1S/C13H18N2O2/c1-9(8-16)15-13(17)11-6-10-4-2-3-5-12(10)14-7-11/h2-5,9,11,14,16H,6-8H2,1H3,(H,15,17). The number of fused-ring (bicyclic) bond motifs is 1. The van der Waals surface area contributed by atoms with E-state index >= 15 is 0 Å². The van der Waals surface area contributed by atoms with E-state index in [4.69, 9.17) is 5.11 Å². The third-order valence-electron chi connectivity index (χ3n) is 3.06. The van der Waals surface area contributed by atoms with Crippen LogP contribution in [0.5, 0.6) is 0 Å². The third-order valence-corrected chi connectivity index (χ3v) is 3.06. The Bertz CT molecular complexity index is 406. The molecule has 2 unspecified atom stereocenters. The molecule has 1 aromatic rings. The lowest BCUT2D eigenvalue weighted by molar-refractivity contribution is -0.125. The topological polar surface area (TPSA) is 61.4 Å². The molecular weight excluding hydrogens is 216 g/mol. The highest BCUT2D eigenvalue weighted by Gasteiger charge is 2.24. The molecule has 0 radical (unpaired) electrons. The molecule has 2 rings (SSSR count). The lowest BCUT2D eigenvalue weighted by Crippen LogP contribution is -2.43. The average molecular weight is 234 g/mol. The summed E-state index contributed by atoms with van der Waals surface area (Å²) in [5, 5.41) is 15.0. The quantitative estimate of drug-likeness (QED) is 0.724. The maximum absolute atomic E-state index is 11.9. The van der Waals surface area contributed by atoms with Crippen molar-refractivity contribution in [2.24, 2.45) is 5.92 Å². The van der Waals surface area contributed by atoms with Gasteiger partial charge >= 0.3 is 0 Å². The number of nitrogens with one attached hydrogen (secondary N) is 2. The van der Waals surface area contributed by atoms with Crippen molar-refractivity contribution in [1.29, 1.82) is 0 Å². The predicted octanol–water partition coefficient (Wildman–Crippen LogP) is 0.768. The largest absolute Gasteiger partial charge is 0.394 e. The van der Waals surface area contributed by atoms with Gasteiger partial charge in [0, 0.05) is 18.3 Å². The minimum absolute atomic E-state index is 0.00792. The fraction of sp³-hybridized carbons (Fsp3) is 0.462. The SMILES string of the molecule is CC(CO)NC(=O)C1CNc2ccccc2C1. The lowest BCUT2D eigenvalue weighted by Gasteiger charge is -2.26. The first kappa shape index (κ1) is 11.9. The van der Waals surface area contributed by atoms with Gasteiger partial charge < -0.3 is 15.7 Å². The number of aliphatic hydroxyl groups is 1. The van der Waals surface area contributed by atoms with Crippen LogP contribution >= 0.6 is 0 Å². The minimum Gasteiger partial charge on any atom is -0.394 e. The van der Waals surface area contributed by atoms with Gasteiger partial charge in [-0.15, -0.1) is 0 Å². The number of amides is 1.